The molecule has 1 aromatic carbocycles. The van der Waals surface area contributed by atoms with Crippen LogP contribution in [0.25, 0.3) is 11.0 Å². The molecule has 0 atom stereocenters. The second-order valence-electron chi connectivity index (χ2n) is 7.29. The molecule has 2 aromatic rings. The van der Waals surface area contributed by atoms with Crippen molar-refractivity contribution < 1.29 is 4.42 Å². The predicted octanol–water partition coefficient (Wildman–Crippen LogP) is 4.62. The van der Waals surface area contributed by atoms with Gasteiger partial charge < -0.3 is 9.73 Å². The Balaban J connectivity index is 2.36. The third-order valence-electron chi connectivity index (χ3n) is 3.20. The van der Waals surface area contributed by atoms with Crippen LogP contribution in [0.3, 0.4) is 0 Å². The first kappa shape index (κ1) is 14.1. The van der Waals surface area contributed by atoms with Gasteiger partial charge in [0.05, 0.1) is 6.54 Å². The van der Waals surface area contributed by atoms with Crippen molar-refractivity contribution in [1.82, 2.24) is 5.32 Å². The molecule has 0 saturated carbocycles. The van der Waals surface area contributed by atoms with Gasteiger partial charge >= 0.3 is 0 Å². The van der Waals surface area contributed by atoms with E-state index in [1.165, 1.54) is 10.9 Å². The number of hydrogen-bond donors (Lipinski definition) is 1. The second-order valence-corrected chi connectivity index (χ2v) is 7.29. The molecule has 2 rings (SSSR count). The molecule has 0 aliphatic heterocycles. The van der Waals surface area contributed by atoms with Crippen molar-refractivity contribution in [2.75, 3.05) is 0 Å². The average Bonchev–Trinajstić information content (AvgIpc) is 2.66. The van der Waals surface area contributed by atoms with Gasteiger partial charge in [0.2, 0.25) is 0 Å². The van der Waals surface area contributed by atoms with Gasteiger partial charge in [-0.2, -0.15) is 0 Å². The molecular formula is C17H25NO. The van der Waals surface area contributed by atoms with Crippen LogP contribution in [0.5, 0.6) is 0 Å². The Morgan fingerprint density at radius 2 is 1.74 bits per heavy atom. The number of rotatable bonds is 2. The first-order valence-corrected chi connectivity index (χ1v) is 6.94. The Hall–Kier alpha value is -1.28. The minimum absolute atomic E-state index is 0.103. The average molecular weight is 259 g/mol. The Kier molecular flexibility index (Phi) is 3.48. The highest BCUT2D eigenvalue weighted by atomic mass is 16.3. The molecule has 0 amide bonds. The zero-order valence-corrected chi connectivity index (χ0v) is 12.9. The maximum absolute atomic E-state index is 6.06. The Morgan fingerprint density at radius 1 is 1.05 bits per heavy atom. The third kappa shape index (κ3) is 3.38. The van der Waals surface area contributed by atoms with Crippen LogP contribution in [0.4, 0.5) is 0 Å². The maximum Gasteiger partial charge on any atom is 0.138 e. The lowest BCUT2D eigenvalue weighted by atomic mass is 9.86. The standard InChI is InChI=1S/C17H25NO/c1-16(2,3)14-9-7-8-12-10-13(19-15(12)14)11-18-17(4,5)6/h7-10,18H,11H2,1-6H3. The van der Waals surface area contributed by atoms with E-state index in [0.717, 1.165) is 17.9 Å². The highest BCUT2D eigenvalue weighted by Crippen LogP contribution is 2.31. The van der Waals surface area contributed by atoms with Crippen LogP contribution in [0, 0.1) is 0 Å². The smallest absolute Gasteiger partial charge is 0.138 e. The summed E-state index contributed by atoms with van der Waals surface area (Å²) in [6.07, 6.45) is 0. The van der Waals surface area contributed by atoms with E-state index < -0.39 is 0 Å². The van der Waals surface area contributed by atoms with Crippen LogP contribution in [-0.4, -0.2) is 5.54 Å². The van der Waals surface area contributed by atoms with E-state index in [4.69, 9.17) is 4.42 Å². The molecule has 0 spiro atoms. The summed E-state index contributed by atoms with van der Waals surface area (Å²) in [7, 11) is 0. The fourth-order valence-electron chi connectivity index (χ4n) is 2.15. The monoisotopic (exact) mass is 259 g/mol. The van der Waals surface area contributed by atoms with Crippen LogP contribution < -0.4 is 5.32 Å². The summed E-state index contributed by atoms with van der Waals surface area (Å²) >= 11 is 0. The molecule has 1 heterocycles. The fourth-order valence-corrected chi connectivity index (χ4v) is 2.15. The van der Waals surface area contributed by atoms with E-state index in [0.29, 0.717) is 0 Å². The molecule has 0 bridgehead atoms. The minimum atomic E-state index is 0.103. The third-order valence-corrected chi connectivity index (χ3v) is 3.20. The number of fused-ring (bicyclic) bond motifs is 1. The summed E-state index contributed by atoms with van der Waals surface area (Å²) in [6.45, 7) is 13.9. The number of hydrogen-bond acceptors (Lipinski definition) is 2. The SMILES string of the molecule is CC(C)(C)NCc1cc2cccc(C(C)(C)C)c2o1. The maximum atomic E-state index is 6.06. The zero-order valence-electron chi connectivity index (χ0n) is 12.9. The van der Waals surface area contributed by atoms with Crippen LogP contribution in [0.15, 0.2) is 28.7 Å². The Labute approximate surface area is 116 Å². The summed E-state index contributed by atoms with van der Waals surface area (Å²) < 4.78 is 6.06. The van der Waals surface area contributed by atoms with Gasteiger partial charge in [0.25, 0.3) is 0 Å². The van der Waals surface area contributed by atoms with E-state index >= 15 is 0 Å². The molecule has 0 aliphatic rings. The molecular weight excluding hydrogens is 234 g/mol. The lowest BCUT2D eigenvalue weighted by Gasteiger charge is -2.20. The van der Waals surface area contributed by atoms with Crippen molar-refractivity contribution in [2.45, 2.75) is 59.0 Å². The van der Waals surface area contributed by atoms with E-state index in [1.807, 2.05) is 0 Å². The molecule has 0 fully saturated rings. The van der Waals surface area contributed by atoms with Crippen LogP contribution in [0.1, 0.15) is 52.9 Å². The number of benzene rings is 1. The van der Waals surface area contributed by atoms with Crippen molar-refractivity contribution in [1.29, 1.82) is 0 Å². The van der Waals surface area contributed by atoms with Gasteiger partial charge in [-0.05, 0) is 32.3 Å². The van der Waals surface area contributed by atoms with Crippen molar-refractivity contribution in [2.24, 2.45) is 0 Å². The van der Waals surface area contributed by atoms with Gasteiger partial charge in [-0.1, -0.05) is 39.0 Å². The molecule has 2 nitrogen and oxygen atoms in total. The molecule has 2 heteroatoms. The van der Waals surface area contributed by atoms with Gasteiger partial charge in [0.15, 0.2) is 0 Å². The van der Waals surface area contributed by atoms with E-state index in [1.54, 1.807) is 0 Å². The number of furan rings is 1. The molecule has 0 radical (unpaired) electrons. The van der Waals surface area contributed by atoms with Gasteiger partial charge in [-0.15, -0.1) is 0 Å². The first-order valence-electron chi connectivity index (χ1n) is 6.94. The summed E-state index contributed by atoms with van der Waals surface area (Å²) in [5.74, 6) is 1.00. The zero-order chi connectivity index (χ0) is 14.3. The molecule has 1 N–H and O–H groups in total. The highest BCUT2D eigenvalue weighted by molar-refractivity contribution is 5.82. The van der Waals surface area contributed by atoms with Gasteiger partial charge in [0.1, 0.15) is 11.3 Å². The van der Waals surface area contributed by atoms with Crippen LogP contribution in [0.2, 0.25) is 0 Å². The van der Waals surface area contributed by atoms with Crippen LogP contribution >= 0.6 is 0 Å². The normalized spacial score (nSPS) is 13.2. The highest BCUT2D eigenvalue weighted by Gasteiger charge is 2.19. The molecule has 0 aliphatic carbocycles. The van der Waals surface area contributed by atoms with Crippen molar-refractivity contribution in [3.63, 3.8) is 0 Å². The van der Waals surface area contributed by atoms with Crippen molar-refractivity contribution in [3.05, 3.63) is 35.6 Å². The lowest BCUT2D eigenvalue weighted by Crippen LogP contribution is -2.34. The quantitative estimate of drug-likeness (QED) is 0.851. The number of nitrogens with one attached hydrogen (secondary N) is 1. The largest absolute Gasteiger partial charge is 0.459 e. The fraction of sp³-hybridized carbons (Fsp3) is 0.529. The van der Waals surface area contributed by atoms with Crippen LogP contribution in [-0.2, 0) is 12.0 Å². The Bertz CT molecular complexity index is 567. The predicted molar refractivity (Wildman–Crippen MR) is 81.5 cm³/mol. The van der Waals surface area contributed by atoms with Gasteiger partial charge in [-0.25, -0.2) is 0 Å². The molecule has 0 unspecified atom stereocenters. The van der Waals surface area contributed by atoms with E-state index in [2.05, 4.69) is 71.1 Å². The number of para-hydroxylation sites is 1. The first-order chi connectivity index (χ1) is 8.67. The van der Waals surface area contributed by atoms with E-state index in [-0.39, 0.29) is 11.0 Å². The van der Waals surface area contributed by atoms with Crippen molar-refractivity contribution in [3.8, 4) is 0 Å². The summed E-state index contributed by atoms with van der Waals surface area (Å²) in [4.78, 5) is 0. The molecule has 1 aromatic heterocycles. The van der Waals surface area contributed by atoms with Gasteiger partial charge in [0, 0.05) is 16.5 Å². The van der Waals surface area contributed by atoms with Crippen molar-refractivity contribution >= 4 is 11.0 Å². The minimum Gasteiger partial charge on any atom is -0.459 e. The van der Waals surface area contributed by atoms with E-state index in [9.17, 15) is 0 Å². The second kappa shape index (κ2) is 4.68. The summed E-state index contributed by atoms with van der Waals surface area (Å²) in [6, 6.07) is 8.53. The summed E-state index contributed by atoms with van der Waals surface area (Å²) in [5.41, 5.74) is 2.51. The topological polar surface area (TPSA) is 25.2 Å². The molecule has 0 saturated heterocycles. The summed E-state index contributed by atoms with van der Waals surface area (Å²) in [5, 5.41) is 4.66. The Morgan fingerprint density at radius 3 is 2.32 bits per heavy atom. The lowest BCUT2D eigenvalue weighted by molar-refractivity contribution is 0.394. The molecule has 104 valence electrons. The van der Waals surface area contributed by atoms with Gasteiger partial charge in [-0.3, -0.25) is 0 Å². The molecule has 19 heavy (non-hydrogen) atoms.